The molecule has 2 aromatic rings. The number of ether oxygens (including phenoxy) is 2. The second-order valence-electron chi connectivity index (χ2n) is 5.94. The number of pyridine rings is 1. The van der Waals surface area contributed by atoms with Crippen LogP contribution in [0.2, 0.25) is 0 Å². The maximum atomic E-state index is 12.8. The van der Waals surface area contributed by atoms with Gasteiger partial charge in [-0.25, -0.2) is 0 Å². The summed E-state index contributed by atoms with van der Waals surface area (Å²) in [6.45, 7) is 4.73. The first-order chi connectivity index (χ1) is 13.3. The van der Waals surface area contributed by atoms with Crippen LogP contribution in [0, 0.1) is 0 Å². The summed E-state index contributed by atoms with van der Waals surface area (Å²) in [7, 11) is 0. The van der Waals surface area contributed by atoms with E-state index in [0.717, 1.165) is 12.8 Å². The molecule has 1 aromatic heterocycles. The number of H-pyrrole nitrogens is 1. The normalized spacial score (nSPS) is 11.2. The number of carbonyl (C=O) groups is 1. The molecule has 0 aliphatic carbocycles. The molecule has 152 valence electrons. The van der Waals surface area contributed by atoms with E-state index in [9.17, 15) is 22.8 Å². The van der Waals surface area contributed by atoms with Gasteiger partial charge < -0.3 is 19.8 Å². The Kier molecular flexibility index (Phi) is 7.08. The quantitative estimate of drug-likeness (QED) is 0.698. The molecule has 0 aliphatic rings. The molecule has 6 nitrogen and oxygen atoms in total. The Labute approximate surface area is 159 Å². The van der Waals surface area contributed by atoms with E-state index in [2.05, 4.69) is 5.32 Å². The zero-order valence-electron chi connectivity index (χ0n) is 15.5. The summed E-state index contributed by atoms with van der Waals surface area (Å²) < 4.78 is 49.6. The number of aromatic amines is 1. The maximum Gasteiger partial charge on any atom is 0.417 e. The van der Waals surface area contributed by atoms with Crippen LogP contribution in [0.1, 0.15) is 42.6 Å². The van der Waals surface area contributed by atoms with Crippen molar-refractivity contribution in [1.29, 1.82) is 0 Å². The van der Waals surface area contributed by atoms with Crippen molar-refractivity contribution in [2.45, 2.75) is 32.9 Å². The molecule has 2 rings (SSSR count). The number of alkyl halides is 3. The van der Waals surface area contributed by atoms with E-state index < -0.39 is 28.9 Å². The number of hydrogen-bond acceptors (Lipinski definition) is 4. The summed E-state index contributed by atoms with van der Waals surface area (Å²) in [4.78, 5) is 26.2. The van der Waals surface area contributed by atoms with Crippen LogP contribution in [0.3, 0.4) is 0 Å². The van der Waals surface area contributed by atoms with Gasteiger partial charge in [-0.2, -0.15) is 13.2 Å². The monoisotopic (exact) mass is 398 g/mol. The molecule has 1 aromatic carbocycles. The molecule has 0 fully saturated rings. The fourth-order valence-electron chi connectivity index (χ4n) is 2.24. The lowest BCUT2D eigenvalue weighted by Gasteiger charge is -2.14. The summed E-state index contributed by atoms with van der Waals surface area (Å²) in [5.74, 6) is 0.0675. The smallest absolute Gasteiger partial charge is 0.417 e. The molecule has 28 heavy (non-hydrogen) atoms. The Morgan fingerprint density at radius 3 is 2.32 bits per heavy atom. The van der Waals surface area contributed by atoms with Gasteiger partial charge in [0.05, 0.1) is 18.8 Å². The Hall–Kier alpha value is -2.97. The van der Waals surface area contributed by atoms with Gasteiger partial charge in [-0.05, 0) is 37.1 Å². The SMILES string of the molecule is CCCOc1ccc(C(=O)Nc2cc(C(F)(F)F)c[nH]c2=O)cc1OCCC. The molecule has 0 atom stereocenters. The zero-order chi connectivity index (χ0) is 20.7. The van der Waals surface area contributed by atoms with Crippen molar-refractivity contribution >= 4 is 11.6 Å². The van der Waals surface area contributed by atoms with Crippen molar-refractivity contribution in [2.75, 3.05) is 18.5 Å². The minimum atomic E-state index is -4.65. The van der Waals surface area contributed by atoms with E-state index in [1.165, 1.54) is 12.1 Å². The maximum absolute atomic E-state index is 12.8. The van der Waals surface area contributed by atoms with Gasteiger partial charge in [0.1, 0.15) is 5.69 Å². The number of nitrogens with one attached hydrogen (secondary N) is 2. The van der Waals surface area contributed by atoms with E-state index >= 15 is 0 Å². The van der Waals surface area contributed by atoms with Crippen LogP contribution in [-0.2, 0) is 6.18 Å². The molecule has 0 bridgehead atoms. The van der Waals surface area contributed by atoms with Crippen molar-refractivity contribution in [1.82, 2.24) is 4.98 Å². The Morgan fingerprint density at radius 2 is 1.71 bits per heavy atom. The third-order valence-electron chi connectivity index (χ3n) is 3.61. The lowest BCUT2D eigenvalue weighted by molar-refractivity contribution is -0.137. The van der Waals surface area contributed by atoms with Gasteiger partial charge in [-0.3, -0.25) is 9.59 Å². The van der Waals surface area contributed by atoms with Crippen LogP contribution in [0.4, 0.5) is 18.9 Å². The number of carbonyl (C=O) groups excluding carboxylic acids is 1. The van der Waals surface area contributed by atoms with Crippen molar-refractivity contribution in [2.24, 2.45) is 0 Å². The number of halogens is 3. The molecule has 0 spiro atoms. The van der Waals surface area contributed by atoms with Crippen molar-refractivity contribution < 1.29 is 27.4 Å². The highest BCUT2D eigenvalue weighted by Gasteiger charge is 2.31. The highest BCUT2D eigenvalue weighted by atomic mass is 19.4. The average Bonchev–Trinajstić information content (AvgIpc) is 2.65. The summed E-state index contributed by atoms with van der Waals surface area (Å²) in [5.41, 5.74) is -2.29. The average molecular weight is 398 g/mol. The molecule has 0 saturated heterocycles. The summed E-state index contributed by atoms with van der Waals surface area (Å²) in [6.07, 6.45) is -2.57. The van der Waals surface area contributed by atoms with Crippen LogP contribution >= 0.6 is 0 Å². The highest BCUT2D eigenvalue weighted by Crippen LogP contribution is 2.30. The Balaban J connectivity index is 2.27. The fourth-order valence-corrected chi connectivity index (χ4v) is 2.24. The van der Waals surface area contributed by atoms with Gasteiger partial charge in [0.25, 0.3) is 11.5 Å². The van der Waals surface area contributed by atoms with Crippen molar-refractivity contribution in [3.05, 3.63) is 51.9 Å². The zero-order valence-corrected chi connectivity index (χ0v) is 15.5. The molecular weight excluding hydrogens is 377 g/mol. The van der Waals surface area contributed by atoms with E-state index in [0.29, 0.717) is 37.0 Å². The predicted octanol–water partition coefficient (Wildman–Crippen LogP) is 4.22. The molecule has 9 heteroatoms. The van der Waals surface area contributed by atoms with Crippen LogP contribution < -0.4 is 20.3 Å². The Morgan fingerprint density at radius 1 is 1.07 bits per heavy atom. The predicted molar refractivity (Wildman–Crippen MR) is 98.0 cm³/mol. The number of aromatic nitrogens is 1. The van der Waals surface area contributed by atoms with E-state index in [-0.39, 0.29) is 5.56 Å². The second kappa shape index (κ2) is 9.29. The topological polar surface area (TPSA) is 80.4 Å². The van der Waals surface area contributed by atoms with Gasteiger partial charge in [0.15, 0.2) is 11.5 Å². The molecule has 0 unspecified atom stereocenters. The third kappa shape index (κ3) is 5.51. The number of anilines is 1. The molecule has 1 amide bonds. The molecule has 2 N–H and O–H groups in total. The molecule has 0 aliphatic heterocycles. The largest absolute Gasteiger partial charge is 0.490 e. The molecule has 1 heterocycles. The number of amides is 1. The van der Waals surface area contributed by atoms with Gasteiger partial charge in [-0.1, -0.05) is 13.8 Å². The lowest BCUT2D eigenvalue weighted by atomic mass is 10.1. The first-order valence-electron chi connectivity index (χ1n) is 8.77. The number of benzene rings is 1. The van der Waals surface area contributed by atoms with Crippen LogP contribution in [0.25, 0.3) is 0 Å². The van der Waals surface area contributed by atoms with E-state index in [1.807, 2.05) is 18.8 Å². The minimum absolute atomic E-state index is 0.117. The standard InChI is InChI=1S/C19H21F3N2O4/c1-3-7-27-15-6-5-12(9-16(15)28-8-4-2)17(25)24-14-10-13(19(20,21)22)11-23-18(14)26/h5-6,9-11H,3-4,7-8H2,1-2H3,(H,23,26)(H,24,25). The Bertz CT molecular complexity index is 878. The first kappa shape index (κ1) is 21.3. The lowest BCUT2D eigenvalue weighted by Crippen LogP contribution is -2.21. The van der Waals surface area contributed by atoms with Crippen LogP contribution in [-0.4, -0.2) is 24.1 Å². The van der Waals surface area contributed by atoms with Crippen LogP contribution in [0.15, 0.2) is 35.3 Å². The van der Waals surface area contributed by atoms with Gasteiger partial charge in [0.2, 0.25) is 0 Å². The summed E-state index contributed by atoms with van der Waals surface area (Å²) >= 11 is 0. The first-order valence-corrected chi connectivity index (χ1v) is 8.77. The molecule has 0 saturated carbocycles. The van der Waals surface area contributed by atoms with E-state index in [4.69, 9.17) is 9.47 Å². The van der Waals surface area contributed by atoms with Gasteiger partial charge in [0, 0.05) is 11.8 Å². The van der Waals surface area contributed by atoms with Gasteiger partial charge in [-0.15, -0.1) is 0 Å². The summed E-state index contributed by atoms with van der Waals surface area (Å²) in [5, 5.41) is 2.21. The van der Waals surface area contributed by atoms with Crippen molar-refractivity contribution in [3.8, 4) is 11.5 Å². The van der Waals surface area contributed by atoms with Gasteiger partial charge >= 0.3 is 6.18 Å². The number of hydrogen-bond donors (Lipinski definition) is 2. The summed E-state index contributed by atoms with van der Waals surface area (Å²) in [6, 6.07) is 5.01. The second-order valence-corrected chi connectivity index (χ2v) is 5.94. The third-order valence-corrected chi connectivity index (χ3v) is 3.61. The molecule has 0 radical (unpaired) electrons. The van der Waals surface area contributed by atoms with E-state index in [1.54, 1.807) is 6.07 Å². The highest BCUT2D eigenvalue weighted by molar-refractivity contribution is 6.04. The van der Waals surface area contributed by atoms with Crippen molar-refractivity contribution in [3.63, 3.8) is 0 Å². The minimum Gasteiger partial charge on any atom is -0.490 e. The van der Waals surface area contributed by atoms with Crippen LogP contribution in [0.5, 0.6) is 11.5 Å². The number of rotatable bonds is 8. The fraction of sp³-hybridized carbons (Fsp3) is 0.368. The molecular formula is C19H21F3N2O4.